The van der Waals surface area contributed by atoms with Crippen LogP contribution in [0.5, 0.6) is 17.2 Å². The molecule has 0 aliphatic heterocycles. The molecule has 0 radical (unpaired) electrons. The second-order valence-corrected chi connectivity index (χ2v) is 9.65. The maximum Gasteiger partial charge on any atom is 0.411 e. The van der Waals surface area contributed by atoms with Crippen molar-refractivity contribution in [2.24, 2.45) is 0 Å². The molecular weight excluding hydrogens is 442 g/mol. The third-order valence-corrected chi connectivity index (χ3v) is 5.47. The lowest BCUT2D eigenvalue weighted by Crippen LogP contribution is -2.19. The van der Waals surface area contributed by atoms with Crippen LogP contribution in [-0.4, -0.2) is 32.5 Å². The molecule has 0 bridgehead atoms. The first-order valence-corrected chi connectivity index (χ1v) is 12.9. The molecule has 35 heavy (non-hydrogen) atoms. The summed E-state index contributed by atoms with van der Waals surface area (Å²) < 4.78 is 22.8. The fourth-order valence-electron chi connectivity index (χ4n) is 3.44. The van der Waals surface area contributed by atoms with Crippen LogP contribution in [0.3, 0.4) is 0 Å². The zero-order valence-corrected chi connectivity index (χ0v) is 22.2. The molecule has 1 amide bonds. The summed E-state index contributed by atoms with van der Waals surface area (Å²) in [6, 6.07) is 13.2. The quantitative estimate of drug-likeness (QED) is 0.261. The number of amides is 1. The van der Waals surface area contributed by atoms with Crippen LogP contribution in [-0.2, 0) is 10.2 Å². The first kappa shape index (κ1) is 28.3. The minimum Gasteiger partial charge on any atom is -0.494 e. The maximum absolute atomic E-state index is 12.1. The summed E-state index contributed by atoms with van der Waals surface area (Å²) in [4.78, 5) is 12.1. The molecule has 194 valence electrons. The van der Waals surface area contributed by atoms with Crippen molar-refractivity contribution in [3.05, 3.63) is 48.0 Å². The molecule has 0 heterocycles. The smallest absolute Gasteiger partial charge is 0.411 e. The van der Waals surface area contributed by atoms with E-state index < -0.39 is 6.09 Å². The Balaban J connectivity index is 1.79. The van der Waals surface area contributed by atoms with Gasteiger partial charge in [-0.2, -0.15) is 0 Å². The molecule has 0 saturated heterocycles. The second kappa shape index (κ2) is 15.2. The van der Waals surface area contributed by atoms with E-state index in [2.05, 4.69) is 46.0 Å². The Morgan fingerprint density at radius 1 is 0.743 bits per heavy atom. The fraction of sp³-hybridized carbons (Fsp3) is 0.552. The van der Waals surface area contributed by atoms with Crippen molar-refractivity contribution in [3.63, 3.8) is 0 Å². The van der Waals surface area contributed by atoms with Gasteiger partial charge in [-0.3, -0.25) is 5.32 Å². The maximum atomic E-state index is 12.1. The number of benzene rings is 2. The van der Waals surface area contributed by atoms with Crippen molar-refractivity contribution in [1.82, 2.24) is 0 Å². The number of hydrogen-bond donors (Lipinski definition) is 1. The monoisotopic (exact) mass is 485 g/mol. The van der Waals surface area contributed by atoms with E-state index in [9.17, 15) is 4.79 Å². The molecule has 0 saturated carbocycles. The highest BCUT2D eigenvalue weighted by Gasteiger charge is 2.20. The predicted molar refractivity (Wildman–Crippen MR) is 142 cm³/mol. The van der Waals surface area contributed by atoms with E-state index in [1.54, 1.807) is 12.1 Å². The Morgan fingerprint density at radius 3 is 2.09 bits per heavy atom. The molecule has 0 aliphatic carbocycles. The number of carbonyl (C=O) groups excluding carboxylic acids is 1. The summed E-state index contributed by atoms with van der Waals surface area (Å²) in [6.07, 6.45) is 6.30. The summed E-state index contributed by atoms with van der Waals surface area (Å²) >= 11 is 0. The van der Waals surface area contributed by atoms with Crippen LogP contribution >= 0.6 is 0 Å². The van der Waals surface area contributed by atoms with Crippen LogP contribution < -0.4 is 19.5 Å². The molecule has 0 aliphatic rings. The van der Waals surface area contributed by atoms with Gasteiger partial charge in [0.1, 0.15) is 30.5 Å². The molecule has 0 spiro atoms. The Kier molecular flexibility index (Phi) is 12.3. The Morgan fingerprint density at radius 2 is 1.40 bits per heavy atom. The van der Waals surface area contributed by atoms with Crippen LogP contribution in [0.15, 0.2) is 42.5 Å². The van der Waals surface area contributed by atoms with Gasteiger partial charge in [-0.25, -0.2) is 4.79 Å². The summed E-state index contributed by atoms with van der Waals surface area (Å²) in [7, 11) is 0. The van der Waals surface area contributed by atoms with Gasteiger partial charge >= 0.3 is 6.09 Å². The van der Waals surface area contributed by atoms with E-state index >= 15 is 0 Å². The van der Waals surface area contributed by atoms with Gasteiger partial charge in [0.25, 0.3) is 0 Å². The number of unbranched alkanes of at least 4 members (excludes halogenated alkanes) is 4. The average Bonchev–Trinajstić information content (AvgIpc) is 2.83. The normalized spacial score (nSPS) is 11.1. The van der Waals surface area contributed by atoms with E-state index in [1.807, 2.05) is 24.3 Å². The number of ether oxygens (including phenoxy) is 4. The molecule has 6 nitrogen and oxygen atoms in total. The predicted octanol–water partition coefficient (Wildman–Crippen LogP) is 7.75. The lowest BCUT2D eigenvalue weighted by molar-refractivity contribution is 0.137. The van der Waals surface area contributed by atoms with Gasteiger partial charge in [0, 0.05) is 11.3 Å². The van der Waals surface area contributed by atoms with E-state index in [1.165, 1.54) is 19.3 Å². The van der Waals surface area contributed by atoms with Gasteiger partial charge in [-0.15, -0.1) is 0 Å². The van der Waals surface area contributed by atoms with Crippen molar-refractivity contribution >= 4 is 11.8 Å². The fourth-order valence-corrected chi connectivity index (χ4v) is 3.44. The zero-order valence-electron chi connectivity index (χ0n) is 22.2. The average molecular weight is 486 g/mol. The molecule has 1 N–H and O–H groups in total. The largest absolute Gasteiger partial charge is 0.494 e. The second-order valence-electron chi connectivity index (χ2n) is 9.65. The Bertz CT molecular complexity index is 874. The number of hydrogen-bond acceptors (Lipinski definition) is 5. The SMILES string of the molecule is CCCCCCOc1ccc(OCCOC(=O)Nc2ccc(OCCCC)cc2)c(C(C)(C)C)c1. The standard InChI is InChI=1S/C29H43NO5/c1-6-8-10-11-19-33-25-16-17-27(26(22-25)29(3,4)5)34-20-21-35-28(31)30-23-12-14-24(15-13-23)32-18-9-7-2/h12-17,22H,6-11,18-21H2,1-5H3,(H,30,31). The summed E-state index contributed by atoms with van der Waals surface area (Å²) in [5.41, 5.74) is 1.61. The van der Waals surface area contributed by atoms with Gasteiger partial charge in [0.15, 0.2) is 0 Å². The van der Waals surface area contributed by atoms with Crippen molar-refractivity contribution in [1.29, 1.82) is 0 Å². The van der Waals surface area contributed by atoms with Crippen LogP contribution in [0.2, 0.25) is 0 Å². The number of nitrogens with one attached hydrogen (secondary N) is 1. The number of carbonyl (C=O) groups is 1. The lowest BCUT2D eigenvalue weighted by Gasteiger charge is -2.24. The topological polar surface area (TPSA) is 66.0 Å². The lowest BCUT2D eigenvalue weighted by atomic mass is 9.86. The molecule has 0 atom stereocenters. The van der Waals surface area contributed by atoms with Crippen LogP contribution in [0.1, 0.15) is 78.7 Å². The molecule has 6 heteroatoms. The van der Waals surface area contributed by atoms with Crippen molar-refractivity contribution < 1.29 is 23.7 Å². The molecule has 2 aromatic rings. The molecule has 0 unspecified atom stereocenters. The highest BCUT2D eigenvalue weighted by Crippen LogP contribution is 2.34. The summed E-state index contributed by atoms with van der Waals surface area (Å²) in [6.45, 7) is 12.6. The number of rotatable bonds is 15. The van der Waals surface area contributed by atoms with E-state index in [0.717, 1.165) is 48.7 Å². The molecule has 0 fully saturated rings. The highest BCUT2D eigenvalue weighted by atomic mass is 16.6. The van der Waals surface area contributed by atoms with Gasteiger partial charge in [-0.05, 0) is 60.7 Å². The van der Waals surface area contributed by atoms with E-state index in [-0.39, 0.29) is 18.6 Å². The highest BCUT2D eigenvalue weighted by molar-refractivity contribution is 5.84. The molecular formula is C29H43NO5. The van der Waals surface area contributed by atoms with Crippen LogP contribution in [0.4, 0.5) is 10.5 Å². The van der Waals surface area contributed by atoms with Crippen LogP contribution in [0, 0.1) is 0 Å². The van der Waals surface area contributed by atoms with Gasteiger partial charge in [-0.1, -0.05) is 60.3 Å². The zero-order chi connectivity index (χ0) is 25.5. The van der Waals surface area contributed by atoms with Crippen molar-refractivity contribution in [2.45, 2.75) is 78.6 Å². The van der Waals surface area contributed by atoms with Gasteiger partial charge in [0.05, 0.1) is 13.2 Å². The molecule has 2 aromatic carbocycles. The van der Waals surface area contributed by atoms with Crippen molar-refractivity contribution in [2.75, 3.05) is 31.7 Å². The van der Waals surface area contributed by atoms with Gasteiger partial charge in [0.2, 0.25) is 0 Å². The van der Waals surface area contributed by atoms with E-state index in [4.69, 9.17) is 18.9 Å². The minimum absolute atomic E-state index is 0.110. The summed E-state index contributed by atoms with van der Waals surface area (Å²) in [5.74, 6) is 2.42. The van der Waals surface area contributed by atoms with Gasteiger partial charge < -0.3 is 18.9 Å². The first-order chi connectivity index (χ1) is 16.8. The Hall–Kier alpha value is -2.89. The molecule has 2 rings (SSSR count). The Labute approximate surface area is 211 Å². The first-order valence-electron chi connectivity index (χ1n) is 12.9. The number of anilines is 1. The molecule has 0 aromatic heterocycles. The van der Waals surface area contributed by atoms with Crippen LogP contribution in [0.25, 0.3) is 0 Å². The van der Waals surface area contributed by atoms with Crippen molar-refractivity contribution in [3.8, 4) is 17.2 Å². The minimum atomic E-state index is -0.517. The van der Waals surface area contributed by atoms with E-state index in [0.29, 0.717) is 12.3 Å². The third kappa shape index (κ3) is 10.9. The summed E-state index contributed by atoms with van der Waals surface area (Å²) in [5, 5.41) is 2.72. The third-order valence-electron chi connectivity index (χ3n) is 5.47.